The number of halogens is 1. The van der Waals surface area contributed by atoms with Crippen molar-refractivity contribution in [1.29, 1.82) is 0 Å². The van der Waals surface area contributed by atoms with Gasteiger partial charge in [-0.1, -0.05) is 84.4 Å². The number of hydrogen-bond acceptors (Lipinski definition) is 2. The fraction of sp³-hybridized carbons (Fsp3) is 0.136. The highest BCUT2D eigenvalue weighted by molar-refractivity contribution is 6.30. The predicted molar refractivity (Wildman–Crippen MR) is 104 cm³/mol. The summed E-state index contributed by atoms with van der Waals surface area (Å²) in [6, 6.07) is 27.9. The van der Waals surface area contributed by atoms with Gasteiger partial charge in [0, 0.05) is 18.3 Å². The monoisotopic (exact) mass is 349 g/mol. The van der Waals surface area contributed by atoms with E-state index < -0.39 is 0 Å². The quantitative estimate of drug-likeness (QED) is 0.508. The molecule has 0 amide bonds. The van der Waals surface area contributed by atoms with Crippen LogP contribution < -0.4 is 0 Å². The Labute approximate surface area is 153 Å². The molecule has 3 rings (SSSR count). The molecule has 0 fully saturated rings. The lowest BCUT2D eigenvalue weighted by atomic mass is 9.96. The van der Waals surface area contributed by atoms with Crippen molar-refractivity contribution in [3.05, 3.63) is 107 Å². The summed E-state index contributed by atoms with van der Waals surface area (Å²) in [5.74, 6) is 0. The van der Waals surface area contributed by atoms with Crippen LogP contribution in [0, 0.1) is 0 Å². The molecule has 25 heavy (non-hydrogen) atoms. The molecule has 0 aromatic heterocycles. The maximum atomic E-state index is 5.96. The Hall–Kier alpha value is -2.42. The Bertz CT molecular complexity index is 800. The van der Waals surface area contributed by atoms with Crippen LogP contribution in [0.15, 0.2) is 89.9 Å². The van der Waals surface area contributed by atoms with Crippen molar-refractivity contribution < 1.29 is 4.74 Å². The molecule has 2 nitrogen and oxygen atoms in total. The Morgan fingerprint density at radius 3 is 1.92 bits per heavy atom. The van der Waals surface area contributed by atoms with Gasteiger partial charge >= 0.3 is 0 Å². The number of aliphatic imine (C=N–C) groups is 1. The van der Waals surface area contributed by atoms with Gasteiger partial charge in [0.25, 0.3) is 0 Å². The molecule has 0 aliphatic rings. The van der Waals surface area contributed by atoms with E-state index in [0.29, 0.717) is 0 Å². The van der Waals surface area contributed by atoms with Crippen molar-refractivity contribution in [1.82, 2.24) is 0 Å². The van der Waals surface area contributed by atoms with Crippen molar-refractivity contribution in [2.75, 3.05) is 7.11 Å². The summed E-state index contributed by atoms with van der Waals surface area (Å²) in [6.07, 6.45) is 1.72. The first-order chi connectivity index (χ1) is 12.3. The molecule has 0 saturated heterocycles. The van der Waals surface area contributed by atoms with Crippen molar-refractivity contribution in [2.24, 2.45) is 4.99 Å². The second-order valence-electron chi connectivity index (χ2n) is 5.75. The standard InChI is InChI=1S/C22H20ClNO/c1-25-22(19-10-6-3-7-11-19)21(18-8-4-2-5-9-18)24-16-17-12-14-20(23)15-13-17/h2-16,21-22H,1H3/t21-,22+/m0/s1. The van der Waals surface area contributed by atoms with E-state index >= 15 is 0 Å². The highest BCUT2D eigenvalue weighted by atomic mass is 35.5. The smallest absolute Gasteiger partial charge is 0.109 e. The molecular formula is C22H20ClNO. The third kappa shape index (κ3) is 4.56. The Morgan fingerprint density at radius 1 is 0.800 bits per heavy atom. The SMILES string of the molecule is CO[C@H](c1ccccc1)[C@@H](N=Cc1ccc(Cl)cc1)c1ccccc1. The molecule has 0 saturated carbocycles. The molecule has 3 aromatic rings. The van der Waals surface area contributed by atoms with Gasteiger partial charge in [-0.2, -0.15) is 0 Å². The number of rotatable bonds is 6. The molecule has 0 bridgehead atoms. The van der Waals surface area contributed by atoms with Crippen LogP contribution in [0.2, 0.25) is 5.02 Å². The van der Waals surface area contributed by atoms with E-state index in [2.05, 4.69) is 24.3 Å². The van der Waals surface area contributed by atoms with E-state index in [1.807, 2.05) is 66.9 Å². The van der Waals surface area contributed by atoms with E-state index in [-0.39, 0.29) is 12.1 Å². The van der Waals surface area contributed by atoms with Crippen molar-refractivity contribution in [2.45, 2.75) is 12.1 Å². The van der Waals surface area contributed by atoms with Crippen LogP contribution in [0.3, 0.4) is 0 Å². The zero-order valence-electron chi connectivity index (χ0n) is 14.0. The Kier molecular flexibility index (Phi) is 5.99. The summed E-state index contributed by atoms with van der Waals surface area (Å²) in [4.78, 5) is 4.85. The van der Waals surface area contributed by atoms with Gasteiger partial charge in [-0.05, 0) is 28.8 Å². The van der Waals surface area contributed by atoms with E-state index in [4.69, 9.17) is 21.3 Å². The third-order valence-electron chi connectivity index (χ3n) is 4.06. The zero-order chi connectivity index (χ0) is 17.5. The van der Waals surface area contributed by atoms with Gasteiger partial charge in [-0.3, -0.25) is 4.99 Å². The number of methoxy groups -OCH3 is 1. The molecule has 0 N–H and O–H groups in total. The third-order valence-corrected chi connectivity index (χ3v) is 4.32. The molecule has 0 unspecified atom stereocenters. The van der Waals surface area contributed by atoms with Crippen LogP contribution in [0.1, 0.15) is 28.8 Å². The summed E-state index contributed by atoms with van der Waals surface area (Å²) in [7, 11) is 1.73. The minimum absolute atomic E-state index is 0.135. The normalized spacial score (nSPS) is 13.7. The molecule has 2 atom stereocenters. The lowest BCUT2D eigenvalue weighted by molar-refractivity contribution is 0.0811. The van der Waals surface area contributed by atoms with Gasteiger partial charge in [0.1, 0.15) is 12.1 Å². The number of hydrogen-bond donors (Lipinski definition) is 0. The van der Waals surface area contributed by atoms with Crippen LogP contribution in [-0.4, -0.2) is 13.3 Å². The second kappa shape index (κ2) is 8.61. The second-order valence-corrected chi connectivity index (χ2v) is 6.19. The van der Waals surface area contributed by atoms with Gasteiger partial charge < -0.3 is 4.74 Å². The lowest BCUT2D eigenvalue weighted by Gasteiger charge is -2.24. The molecule has 126 valence electrons. The summed E-state index contributed by atoms with van der Waals surface area (Å²) in [5, 5.41) is 0.718. The van der Waals surface area contributed by atoms with Crippen LogP contribution in [0.5, 0.6) is 0 Å². The first-order valence-corrected chi connectivity index (χ1v) is 8.57. The zero-order valence-corrected chi connectivity index (χ0v) is 14.8. The van der Waals surface area contributed by atoms with Crippen molar-refractivity contribution in [3.8, 4) is 0 Å². The van der Waals surface area contributed by atoms with Crippen molar-refractivity contribution in [3.63, 3.8) is 0 Å². The Morgan fingerprint density at radius 2 is 1.36 bits per heavy atom. The lowest BCUT2D eigenvalue weighted by Crippen LogP contribution is -2.12. The molecule has 0 aliphatic carbocycles. The minimum atomic E-state index is -0.160. The van der Waals surface area contributed by atoms with Crippen LogP contribution in [0.4, 0.5) is 0 Å². The van der Waals surface area contributed by atoms with Gasteiger partial charge in [0.2, 0.25) is 0 Å². The topological polar surface area (TPSA) is 21.6 Å². The van der Waals surface area contributed by atoms with Gasteiger partial charge in [0.15, 0.2) is 0 Å². The average Bonchev–Trinajstić information content (AvgIpc) is 2.68. The van der Waals surface area contributed by atoms with E-state index in [9.17, 15) is 0 Å². The van der Waals surface area contributed by atoms with Gasteiger partial charge in [0.05, 0.1) is 0 Å². The van der Waals surface area contributed by atoms with Crippen LogP contribution in [0.25, 0.3) is 0 Å². The fourth-order valence-corrected chi connectivity index (χ4v) is 2.92. The number of ether oxygens (including phenoxy) is 1. The first kappa shape index (κ1) is 17.4. The average molecular weight is 350 g/mol. The molecule has 3 heteroatoms. The molecule has 0 radical (unpaired) electrons. The predicted octanol–water partition coefficient (Wildman–Crippen LogP) is 5.89. The number of nitrogens with zero attached hydrogens (tertiary/aromatic N) is 1. The number of benzene rings is 3. The molecule has 0 aliphatic heterocycles. The van der Waals surface area contributed by atoms with Crippen molar-refractivity contribution >= 4 is 17.8 Å². The van der Waals surface area contributed by atoms with Gasteiger partial charge in [-0.15, -0.1) is 0 Å². The van der Waals surface area contributed by atoms with Gasteiger partial charge in [-0.25, -0.2) is 0 Å². The van der Waals surface area contributed by atoms with E-state index in [1.165, 1.54) is 0 Å². The van der Waals surface area contributed by atoms with Crippen LogP contribution in [-0.2, 0) is 4.74 Å². The molecule has 0 spiro atoms. The highest BCUT2D eigenvalue weighted by Gasteiger charge is 2.23. The maximum absolute atomic E-state index is 5.96. The summed E-state index contributed by atoms with van der Waals surface area (Å²) < 4.78 is 5.83. The summed E-state index contributed by atoms with van der Waals surface area (Å²) in [6.45, 7) is 0. The van der Waals surface area contributed by atoms with E-state index in [1.54, 1.807) is 7.11 Å². The molecule has 0 heterocycles. The minimum Gasteiger partial charge on any atom is -0.374 e. The Balaban J connectivity index is 1.96. The maximum Gasteiger partial charge on any atom is 0.109 e. The molecular weight excluding hydrogens is 330 g/mol. The molecule has 3 aromatic carbocycles. The summed E-state index contributed by atoms with van der Waals surface area (Å²) >= 11 is 5.96. The fourth-order valence-electron chi connectivity index (χ4n) is 2.79. The first-order valence-electron chi connectivity index (χ1n) is 8.19. The van der Waals surface area contributed by atoms with E-state index in [0.717, 1.165) is 21.7 Å². The van der Waals surface area contributed by atoms with Crippen LogP contribution >= 0.6 is 11.6 Å². The largest absolute Gasteiger partial charge is 0.374 e. The summed E-state index contributed by atoms with van der Waals surface area (Å²) in [5.41, 5.74) is 3.23. The highest BCUT2D eigenvalue weighted by Crippen LogP contribution is 2.34.